The van der Waals surface area contributed by atoms with Crippen LogP contribution < -0.4 is 10.0 Å². The number of rotatable bonds is 3. The molecule has 1 aliphatic rings. The number of Topliss-reactive ketones (excluding diaryl/α,β-unsaturated/α-hetero) is 1. The molecule has 0 spiro atoms. The summed E-state index contributed by atoms with van der Waals surface area (Å²) < 4.78 is 5.70. The van der Waals surface area contributed by atoms with Gasteiger partial charge >= 0.3 is 0 Å². The first kappa shape index (κ1) is 19.1. The quantitative estimate of drug-likeness (QED) is 0.650. The first-order valence-electron chi connectivity index (χ1n) is 9.22. The summed E-state index contributed by atoms with van der Waals surface area (Å²) in [5.41, 5.74) is 3.65. The number of hydrogen-bond donors (Lipinski definition) is 0. The molecule has 0 radical (unpaired) electrons. The first-order chi connectivity index (χ1) is 12.2. The Hall–Kier alpha value is -1.66. The Balaban J connectivity index is 2.25. The molecule has 0 saturated carbocycles. The van der Waals surface area contributed by atoms with Crippen LogP contribution in [0.2, 0.25) is 0 Å². The Kier molecular flexibility index (Phi) is 5.01. The lowest BCUT2D eigenvalue weighted by molar-refractivity contribution is -0.120. The van der Waals surface area contributed by atoms with Gasteiger partial charge in [0.2, 0.25) is 0 Å². The summed E-state index contributed by atoms with van der Waals surface area (Å²) >= 11 is 0. The standard InChI is InChI=1S/C23H29O2P/c1-16-10-9-12-19(25-6)21(16)18-11-7-8-13-20(18)26-22(2,3)14-17(24)15-23(26,4)5/h7-13H,14-15H2,1-6H3. The molecule has 3 rings (SSSR count). The molecular formula is C23H29O2P. The van der Waals surface area contributed by atoms with E-state index < -0.39 is 7.92 Å². The van der Waals surface area contributed by atoms with Crippen LogP contribution in [-0.2, 0) is 4.79 Å². The van der Waals surface area contributed by atoms with Crippen LogP contribution in [0.5, 0.6) is 5.75 Å². The van der Waals surface area contributed by atoms with Gasteiger partial charge in [-0.15, -0.1) is 0 Å². The molecule has 0 N–H and O–H groups in total. The molecule has 3 heteroatoms. The average Bonchev–Trinajstić information content (AvgIpc) is 2.52. The molecule has 138 valence electrons. The third kappa shape index (κ3) is 3.32. The second kappa shape index (κ2) is 6.82. The summed E-state index contributed by atoms with van der Waals surface area (Å²) in [6.45, 7) is 11.2. The van der Waals surface area contributed by atoms with E-state index in [1.54, 1.807) is 7.11 Å². The van der Waals surface area contributed by atoms with Gasteiger partial charge in [-0.1, -0.05) is 72.0 Å². The molecule has 2 aromatic rings. The lowest BCUT2D eigenvalue weighted by Gasteiger charge is -2.49. The van der Waals surface area contributed by atoms with E-state index in [0.717, 1.165) is 5.75 Å². The van der Waals surface area contributed by atoms with E-state index in [9.17, 15) is 4.79 Å². The van der Waals surface area contributed by atoms with Crippen molar-refractivity contribution in [3.8, 4) is 16.9 Å². The van der Waals surface area contributed by atoms with E-state index in [1.807, 2.05) is 12.1 Å². The summed E-state index contributed by atoms with van der Waals surface area (Å²) in [6, 6.07) is 14.9. The molecule has 0 bridgehead atoms. The Morgan fingerprint density at radius 1 is 0.923 bits per heavy atom. The predicted molar refractivity (Wildman–Crippen MR) is 112 cm³/mol. The van der Waals surface area contributed by atoms with Crippen molar-refractivity contribution in [1.82, 2.24) is 0 Å². The fourth-order valence-corrected chi connectivity index (χ4v) is 8.97. The van der Waals surface area contributed by atoms with Crippen molar-refractivity contribution in [1.29, 1.82) is 0 Å². The highest BCUT2D eigenvalue weighted by Crippen LogP contribution is 2.65. The zero-order valence-electron chi connectivity index (χ0n) is 16.7. The zero-order chi connectivity index (χ0) is 19.1. The maximum Gasteiger partial charge on any atom is 0.134 e. The molecule has 1 heterocycles. The largest absolute Gasteiger partial charge is 0.496 e. The van der Waals surface area contributed by atoms with E-state index in [2.05, 4.69) is 65.0 Å². The van der Waals surface area contributed by atoms with E-state index in [1.165, 1.54) is 22.0 Å². The molecule has 1 saturated heterocycles. The molecule has 0 atom stereocenters. The lowest BCUT2D eigenvalue weighted by atomic mass is 9.96. The normalized spacial score (nSPS) is 19.4. The maximum absolute atomic E-state index is 12.4. The van der Waals surface area contributed by atoms with E-state index >= 15 is 0 Å². The monoisotopic (exact) mass is 368 g/mol. The number of benzene rings is 2. The second-order valence-electron chi connectivity index (χ2n) is 8.52. The van der Waals surface area contributed by atoms with Crippen LogP contribution in [0.25, 0.3) is 11.1 Å². The highest BCUT2D eigenvalue weighted by atomic mass is 31.1. The predicted octanol–water partition coefficient (Wildman–Crippen LogP) is 5.70. The molecular weight excluding hydrogens is 339 g/mol. The van der Waals surface area contributed by atoms with Gasteiger partial charge in [-0.25, -0.2) is 0 Å². The van der Waals surface area contributed by atoms with Gasteiger partial charge in [-0.2, -0.15) is 0 Å². The van der Waals surface area contributed by atoms with Gasteiger partial charge in [-0.05, 0) is 39.7 Å². The van der Waals surface area contributed by atoms with Crippen molar-refractivity contribution in [2.45, 2.75) is 57.8 Å². The molecule has 0 unspecified atom stereocenters. The van der Waals surface area contributed by atoms with Crippen molar-refractivity contribution in [3.63, 3.8) is 0 Å². The summed E-state index contributed by atoms with van der Waals surface area (Å²) in [6.07, 6.45) is 1.34. The second-order valence-corrected chi connectivity index (χ2v) is 12.1. The van der Waals surface area contributed by atoms with Gasteiger partial charge in [0.1, 0.15) is 11.5 Å². The van der Waals surface area contributed by atoms with Crippen LogP contribution in [-0.4, -0.2) is 23.2 Å². The smallest absolute Gasteiger partial charge is 0.134 e. The van der Waals surface area contributed by atoms with Crippen molar-refractivity contribution >= 4 is 19.0 Å². The van der Waals surface area contributed by atoms with Gasteiger partial charge < -0.3 is 4.74 Å². The minimum atomic E-state index is -0.531. The number of aryl methyl sites for hydroxylation is 1. The van der Waals surface area contributed by atoms with Crippen LogP contribution in [0.1, 0.15) is 46.1 Å². The van der Waals surface area contributed by atoms with E-state index in [-0.39, 0.29) is 10.3 Å². The van der Waals surface area contributed by atoms with Crippen molar-refractivity contribution in [3.05, 3.63) is 48.0 Å². The highest BCUT2D eigenvalue weighted by molar-refractivity contribution is 7.69. The molecule has 26 heavy (non-hydrogen) atoms. The van der Waals surface area contributed by atoms with Crippen LogP contribution in [0.4, 0.5) is 0 Å². The molecule has 2 nitrogen and oxygen atoms in total. The number of methoxy groups -OCH3 is 1. The molecule has 0 aliphatic carbocycles. The Morgan fingerprint density at radius 2 is 1.54 bits per heavy atom. The van der Waals surface area contributed by atoms with Crippen molar-refractivity contribution < 1.29 is 9.53 Å². The van der Waals surface area contributed by atoms with Crippen LogP contribution >= 0.6 is 7.92 Å². The van der Waals surface area contributed by atoms with Gasteiger partial charge in [0.05, 0.1) is 7.11 Å². The van der Waals surface area contributed by atoms with Gasteiger partial charge in [0, 0.05) is 18.4 Å². The average molecular weight is 368 g/mol. The third-order valence-corrected chi connectivity index (χ3v) is 8.95. The molecule has 0 aromatic heterocycles. The Labute approximate surface area is 158 Å². The third-order valence-electron chi connectivity index (χ3n) is 5.34. The number of carbonyl (C=O) groups excluding carboxylic acids is 1. The summed E-state index contributed by atoms with van der Waals surface area (Å²) in [5.74, 6) is 1.31. The number of hydrogen-bond acceptors (Lipinski definition) is 2. The minimum Gasteiger partial charge on any atom is -0.496 e. The fourth-order valence-electron chi connectivity index (χ4n) is 4.69. The SMILES string of the molecule is COc1cccc(C)c1-c1ccccc1P1C(C)(C)CC(=O)CC1(C)C. The van der Waals surface area contributed by atoms with Gasteiger partial charge in [-0.3, -0.25) is 4.79 Å². The summed E-state index contributed by atoms with van der Waals surface area (Å²) in [4.78, 5) is 12.4. The molecule has 2 aromatic carbocycles. The van der Waals surface area contributed by atoms with Crippen molar-refractivity contribution in [2.24, 2.45) is 0 Å². The van der Waals surface area contributed by atoms with E-state index in [0.29, 0.717) is 18.6 Å². The fraction of sp³-hybridized carbons (Fsp3) is 0.435. The first-order valence-corrected chi connectivity index (χ1v) is 10.6. The minimum absolute atomic E-state index is 0.0137. The highest BCUT2D eigenvalue weighted by Gasteiger charge is 2.48. The zero-order valence-corrected chi connectivity index (χ0v) is 17.6. The van der Waals surface area contributed by atoms with E-state index in [4.69, 9.17) is 4.74 Å². The number of ketones is 1. The maximum atomic E-state index is 12.4. The van der Waals surface area contributed by atoms with Crippen LogP contribution in [0.15, 0.2) is 42.5 Å². The molecule has 0 amide bonds. The van der Waals surface area contributed by atoms with Gasteiger partial charge in [0.25, 0.3) is 0 Å². The van der Waals surface area contributed by atoms with Crippen molar-refractivity contribution in [2.75, 3.05) is 7.11 Å². The molecule has 1 aliphatic heterocycles. The Morgan fingerprint density at radius 3 is 2.15 bits per heavy atom. The molecule has 1 fully saturated rings. The summed E-state index contributed by atoms with van der Waals surface area (Å²) in [5, 5.41) is 1.36. The summed E-state index contributed by atoms with van der Waals surface area (Å²) in [7, 11) is 1.20. The number of carbonyl (C=O) groups is 1. The van der Waals surface area contributed by atoms with Gasteiger partial charge in [0.15, 0.2) is 0 Å². The number of ether oxygens (including phenoxy) is 1. The lowest BCUT2D eigenvalue weighted by Crippen LogP contribution is -2.43. The topological polar surface area (TPSA) is 26.3 Å². The van der Waals surface area contributed by atoms with Crippen LogP contribution in [0, 0.1) is 6.92 Å². The Bertz CT molecular complexity index is 816. The van der Waals surface area contributed by atoms with Crippen LogP contribution in [0.3, 0.4) is 0 Å².